The molecule has 1 aliphatic rings. The number of hydrogen-bond donors (Lipinski definition) is 2. The summed E-state index contributed by atoms with van der Waals surface area (Å²) in [5.74, 6) is 2.54. The quantitative estimate of drug-likeness (QED) is 0.648. The van der Waals surface area contributed by atoms with Crippen molar-refractivity contribution in [3.05, 3.63) is 71.3 Å². The van der Waals surface area contributed by atoms with Gasteiger partial charge in [-0.3, -0.25) is 4.79 Å². The van der Waals surface area contributed by atoms with Gasteiger partial charge in [-0.15, -0.1) is 5.10 Å². The Bertz CT molecular complexity index is 991. The third-order valence-electron chi connectivity index (χ3n) is 5.44. The maximum absolute atomic E-state index is 12.5. The molecule has 3 heterocycles. The number of nitrogens with one attached hydrogen (secondary N) is 2. The van der Waals surface area contributed by atoms with E-state index >= 15 is 0 Å². The Morgan fingerprint density at radius 3 is 2.67 bits per heavy atom. The van der Waals surface area contributed by atoms with Gasteiger partial charge in [0.25, 0.3) is 5.91 Å². The predicted molar refractivity (Wildman–Crippen MR) is 116 cm³/mol. The molecule has 7 nitrogen and oxygen atoms in total. The third kappa shape index (κ3) is 5.04. The van der Waals surface area contributed by atoms with E-state index in [9.17, 15) is 4.79 Å². The molecule has 1 aliphatic heterocycles. The van der Waals surface area contributed by atoms with Crippen LogP contribution in [-0.4, -0.2) is 41.1 Å². The minimum absolute atomic E-state index is 0.156. The van der Waals surface area contributed by atoms with Gasteiger partial charge >= 0.3 is 0 Å². The first-order valence-electron chi connectivity index (χ1n) is 10.3. The number of carbonyl (C=O) groups excluding carboxylic acids is 1. The summed E-state index contributed by atoms with van der Waals surface area (Å²) >= 11 is 0. The molecule has 0 aliphatic carbocycles. The Morgan fingerprint density at radius 2 is 1.97 bits per heavy atom. The van der Waals surface area contributed by atoms with Crippen molar-refractivity contribution in [2.45, 2.75) is 32.2 Å². The fourth-order valence-corrected chi connectivity index (χ4v) is 3.67. The van der Waals surface area contributed by atoms with Gasteiger partial charge in [-0.2, -0.15) is 5.10 Å². The lowest BCUT2D eigenvalue weighted by molar-refractivity contribution is 0.0948. The first-order chi connectivity index (χ1) is 14.6. The van der Waals surface area contributed by atoms with Crippen LogP contribution in [0.4, 0.5) is 11.5 Å². The van der Waals surface area contributed by atoms with E-state index in [4.69, 9.17) is 4.42 Å². The van der Waals surface area contributed by atoms with Crippen molar-refractivity contribution < 1.29 is 9.21 Å². The third-order valence-corrected chi connectivity index (χ3v) is 5.44. The van der Waals surface area contributed by atoms with E-state index in [2.05, 4.69) is 32.8 Å². The molecule has 3 aromatic rings. The summed E-state index contributed by atoms with van der Waals surface area (Å²) in [4.78, 5) is 14.8. The van der Waals surface area contributed by atoms with Crippen LogP contribution in [0.2, 0.25) is 0 Å². The van der Waals surface area contributed by atoms with Gasteiger partial charge in [0.1, 0.15) is 11.5 Å². The Balaban J connectivity index is 1.36. The number of nitrogens with zero attached hydrogens (tertiary/aromatic N) is 3. The van der Waals surface area contributed by atoms with E-state index in [-0.39, 0.29) is 5.91 Å². The number of aryl methyl sites for hydroxylation is 1. The lowest BCUT2D eigenvalue weighted by atomic mass is 9.94. The van der Waals surface area contributed by atoms with Crippen LogP contribution in [0.25, 0.3) is 0 Å². The molecule has 7 heteroatoms. The second-order valence-corrected chi connectivity index (χ2v) is 7.82. The average Bonchev–Trinajstić information content (AvgIpc) is 3.18. The molecule has 1 saturated heterocycles. The van der Waals surface area contributed by atoms with Crippen LogP contribution in [0.15, 0.2) is 52.9 Å². The van der Waals surface area contributed by atoms with Crippen LogP contribution >= 0.6 is 0 Å². The Hall–Kier alpha value is -3.19. The zero-order valence-electron chi connectivity index (χ0n) is 17.4. The Morgan fingerprint density at radius 1 is 1.13 bits per heavy atom. The molecular formula is C23H27N5O2. The molecule has 0 bridgehead atoms. The fourth-order valence-electron chi connectivity index (χ4n) is 3.67. The maximum atomic E-state index is 12.5. The van der Waals surface area contributed by atoms with Gasteiger partial charge in [0.2, 0.25) is 0 Å². The summed E-state index contributed by atoms with van der Waals surface area (Å²) < 4.78 is 5.49. The number of benzene rings is 1. The van der Waals surface area contributed by atoms with Crippen molar-refractivity contribution >= 4 is 17.4 Å². The molecule has 0 atom stereocenters. The van der Waals surface area contributed by atoms with Crippen LogP contribution in [0.1, 0.15) is 46.3 Å². The molecule has 0 spiro atoms. The van der Waals surface area contributed by atoms with Gasteiger partial charge in [-0.25, -0.2) is 0 Å². The Kier molecular flexibility index (Phi) is 6.09. The van der Waals surface area contributed by atoms with Gasteiger partial charge in [-0.1, -0.05) is 6.07 Å². The summed E-state index contributed by atoms with van der Waals surface area (Å²) in [6, 6.07) is 15.1. The molecule has 2 N–H and O–H groups in total. The molecule has 4 rings (SSSR count). The van der Waals surface area contributed by atoms with Crippen molar-refractivity contribution in [1.29, 1.82) is 0 Å². The maximum Gasteiger partial charge on any atom is 0.251 e. The summed E-state index contributed by atoms with van der Waals surface area (Å²) in [7, 11) is 2.15. The number of amides is 1. The number of rotatable bonds is 6. The predicted octanol–water partition coefficient (Wildman–Crippen LogP) is 3.86. The van der Waals surface area contributed by atoms with E-state index in [1.807, 2.05) is 43.3 Å². The first kappa shape index (κ1) is 20.1. The summed E-state index contributed by atoms with van der Waals surface area (Å²) in [6.45, 7) is 4.43. The number of furan rings is 1. The van der Waals surface area contributed by atoms with Gasteiger partial charge in [0.15, 0.2) is 5.82 Å². The molecule has 30 heavy (non-hydrogen) atoms. The van der Waals surface area contributed by atoms with Crippen LogP contribution in [0.3, 0.4) is 0 Å². The van der Waals surface area contributed by atoms with Crippen LogP contribution in [0.5, 0.6) is 0 Å². The number of hydrogen-bond acceptors (Lipinski definition) is 6. The lowest BCUT2D eigenvalue weighted by Gasteiger charge is -2.28. The molecule has 1 fully saturated rings. The normalized spacial score (nSPS) is 15.1. The van der Waals surface area contributed by atoms with Crippen molar-refractivity contribution in [3.63, 3.8) is 0 Å². The van der Waals surface area contributed by atoms with E-state index in [0.717, 1.165) is 48.8 Å². The monoisotopic (exact) mass is 405 g/mol. The zero-order valence-corrected chi connectivity index (χ0v) is 17.4. The molecular weight excluding hydrogens is 378 g/mol. The SMILES string of the molecule is Cc1ccc(CNC(=O)c2cccc(Nc3ccc(C4CCN(C)CC4)nn3)c2)o1. The van der Waals surface area contributed by atoms with Crippen molar-refractivity contribution in [1.82, 2.24) is 20.4 Å². The zero-order chi connectivity index (χ0) is 20.9. The second-order valence-electron chi connectivity index (χ2n) is 7.82. The molecule has 0 saturated carbocycles. The second kappa shape index (κ2) is 9.09. The summed E-state index contributed by atoms with van der Waals surface area (Å²) in [5.41, 5.74) is 2.41. The van der Waals surface area contributed by atoms with Crippen LogP contribution < -0.4 is 10.6 Å². The highest BCUT2D eigenvalue weighted by atomic mass is 16.3. The highest BCUT2D eigenvalue weighted by molar-refractivity contribution is 5.95. The number of likely N-dealkylation sites (tertiary alicyclic amines) is 1. The fraction of sp³-hybridized carbons (Fsp3) is 0.348. The largest absolute Gasteiger partial charge is 0.465 e. The molecule has 0 unspecified atom stereocenters. The summed E-state index contributed by atoms with van der Waals surface area (Å²) in [5, 5.41) is 14.9. The van der Waals surface area contributed by atoms with E-state index in [0.29, 0.717) is 23.8 Å². The minimum atomic E-state index is -0.156. The van der Waals surface area contributed by atoms with E-state index in [1.165, 1.54) is 0 Å². The number of piperidine rings is 1. The van der Waals surface area contributed by atoms with Crippen molar-refractivity contribution in [3.8, 4) is 0 Å². The number of carbonyl (C=O) groups is 1. The smallest absolute Gasteiger partial charge is 0.251 e. The van der Waals surface area contributed by atoms with E-state index < -0.39 is 0 Å². The lowest BCUT2D eigenvalue weighted by Crippen LogP contribution is -2.29. The minimum Gasteiger partial charge on any atom is -0.465 e. The average molecular weight is 406 g/mol. The Labute approximate surface area is 176 Å². The van der Waals surface area contributed by atoms with Gasteiger partial charge < -0.3 is 20.0 Å². The standard InChI is InChI=1S/C23H27N5O2/c1-16-6-7-20(30-16)15-24-23(29)18-4-3-5-19(14-18)25-22-9-8-21(26-27-22)17-10-12-28(2)13-11-17/h3-9,14,17H,10-13,15H2,1-2H3,(H,24,29)(H,25,27). The van der Waals surface area contributed by atoms with Crippen molar-refractivity contribution in [2.24, 2.45) is 0 Å². The number of aromatic nitrogens is 2. The summed E-state index contributed by atoms with van der Waals surface area (Å²) in [6.07, 6.45) is 2.24. The molecule has 1 amide bonds. The van der Waals surface area contributed by atoms with Gasteiger partial charge in [0.05, 0.1) is 12.2 Å². The van der Waals surface area contributed by atoms with Gasteiger partial charge in [0, 0.05) is 17.2 Å². The number of anilines is 2. The highest BCUT2D eigenvalue weighted by Crippen LogP contribution is 2.26. The first-order valence-corrected chi connectivity index (χ1v) is 10.3. The molecule has 156 valence electrons. The molecule has 0 radical (unpaired) electrons. The van der Waals surface area contributed by atoms with Crippen LogP contribution in [0, 0.1) is 6.92 Å². The van der Waals surface area contributed by atoms with Crippen LogP contribution in [-0.2, 0) is 6.54 Å². The highest BCUT2D eigenvalue weighted by Gasteiger charge is 2.19. The molecule has 2 aromatic heterocycles. The topological polar surface area (TPSA) is 83.3 Å². The van der Waals surface area contributed by atoms with E-state index in [1.54, 1.807) is 12.1 Å². The van der Waals surface area contributed by atoms with Crippen molar-refractivity contribution in [2.75, 3.05) is 25.5 Å². The molecule has 1 aromatic carbocycles. The van der Waals surface area contributed by atoms with Gasteiger partial charge in [-0.05, 0) is 82.4 Å².